The quantitative estimate of drug-likeness (QED) is 0.613. The molecule has 2 heteroatoms. The van der Waals surface area contributed by atoms with E-state index in [0.717, 1.165) is 32.1 Å². The van der Waals surface area contributed by atoms with Gasteiger partial charge in [0.15, 0.2) is 0 Å². The van der Waals surface area contributed by atoms with E-state index in [-0.39, 0.29) is 5.60 Å². The molecule has 2 nitrogen and oxygen atoms in total. The first-order chi connectivity index (χ1) is 5.72. The van der Waals surface area contributed by atoms with Crippen molar-refractivity contribution in [2.24, 2.45) is 5.41 Å². The van der Waals surface area contributed by atoms with Crippen LogP contribution in [0.15, 0.2) is 0 Å². The Morgan fingerprint density at radius 2 is 1.67 bits per heavy atom. The summed E-state index contributed by atoms with van der Waals surface area (Å²) in [4.78, 5) is 0. The van der Waals surface area contributed by atoms with Gasteiger partial charge in [-0.15, -0.1) is 0 Å². The van der Waals surface area contributed by atoms with Gasteiger partial charge >= 0.3 is 0 Å². The first-order valence-corrected chi connectivity index (χ1v) is 5.06. The third kappa shape index (κ3) is 1.27. The molecule has 0 amide bonds. The van der Waals surface area contributed by atoms with Gasteiger partial charge in [-0.1, -0.05) is 6.42 Å². The number of aliphatic hydroxyl groups is 2. The molecule has 0 bridgehead atoms. The van der Waals surface area contributed by atoms with Crippen molar-refractivity contribution in [3.8, 4) is 0 Å². The summed E-state index contributed by atoms with van der Waals surface area (Å²) in [6.45, 7) is 0.300. The Bertz CT molecular complexity index is 169. The number of hydrogen-bond acceptors (Lipinski definition) is 2. The fourth-order valence-corrected chi connectivity index (χ4v) is 2.32. The third-order valence-corrected chi connectivity index (χ3v) is 3.63. The van der Waals surface area contributed by atoms with Crippen LogP contribution >= 0.6 is 0 Å². The van der Waals surface area contributed by atoms with Gasteiger partial charge in [-0.25, -0.2) is 0 Å². The number of unbranched alkanes of at least 4 members (excludes halogenated alkanes) is 1. The molecule has 2 rings (SSSR count). The summed E-state index contributed by atoms with van der Waals surface area (Å²) >= 11 is 0. The van der Waals surface area contributed by atoms with Gasteiger partial charge in [-0.3, -0.25) is 0 Å². The average Bonchev–Trinajstić information content (AvgIpc) is 2.88. The van der Waals surface area contributed by atoms with Crippen LogP contribution in [0, 0.1) is 5.41 Å². The molecule has 0 saturated heterocycles. The Hall–Kier alpha value is -0.0800. The van der Waals surface area contributed by atoms with Crippen LogP contribution in [0.4, 0.5) is 0 Å². The van der Waals surface area contributed by atoms with Crippen LogP contribution in [0.3, 0.4) is 0 Å². The van der Waals surface area contributed by atoms with E-state index in [1.54, 1.807) is 0 Å². The van der Waals surface area contributed by atoms with E-state index in [1.807, 2.05) is 0 Å². The summed E-state index contributed by atoms with van der Waals surface area (Å²) < 4.78 is 0. The van der Waals surface area contributed by atoms with Crippen LogP contribution in [-0.2, 0) is 0 Å². The van der Waals surface area contributed by atoms with Gasteiger partial charge in [0.1, 0.15) is 0 Å². The smallest absolute Gasteiger partial charge is 0.0705 e. The summed E-state index contributed by atoms with van der Waals surface area (Å²) in [6, 6.07) is 0. The molecule has 2 N–H and O–H groups in total. The molecule has 12 heavy (non-hydrogen) atoms. The summed E-state index contributed by atoms with van der Waals surface area (Å²) in [7, 11) is 0. The van der Waals surface area contributed by atoms with Crippen molar-refractivity contribution in [1.82, 2.24) is 0 Å². The van der Waals surface area contributed by atoms with Gasteiger partial charge in [0.05, 0.1) is 5.60 Å². The van der Waals surface area contributed by atoms with Crippen LogP contribution in [-0.4, -0.2) is 22.4 Å². The molecule has 0 spiro atoms. The third-order valence-electron chi connectivity index (χ3n) is 3.63. The Labute approximate surface area is 73.6 Å². The second-order valence-electron chi connectivity index (χ2n) is 4.49. The minimum atomic E-state index is -0.275. The van der Waals surface area contributed by atoms with Gasteiger partial charge in [0.2, 0.25) is 0 Å². The van der Waals surface area contributed by atoms with Crippen LogP contribution in [0.5, 0.6) is 0 Å². The minimum absolute atomic E-state index is 0.275. The van der Waals surface area contributed by atoms with Crippen molar-refractivity contribution in [3.63, 3.8) is 0 Å². The second kappa shape index (κ2) is 2.71. The minimum Gasteiger partial charge on any atom is -0.396 e. The Morgan fingerprint density at radius 3 is 2.08 bits per heavy atom. The maximum absolute atomic E-state index is 9.96. The van der Waals surface area contributed by atoms with Crippen molar-refractivity contribution in [1.29, 1.82) is 0 Å². The predicted octanol–water partition coefficient (Wildman–Crippen LogP) is 1.45. The van der Waals surface area contributed by atoms with Crippen molar-refractivity contribution >= 4 is 0 Å². The van der Waals surface area contributed by atoms with E-state index < -0.39 is 0 Å². The lowest BCUT2D eigenvalue weighted by Gasteiger charge is -2.21. The number of rotatable bonds is 5. The zero-order chi connectivity index (χ0) is 8.66. The van der Waals surface area contributed by atoms with E-state index in [0.29, 0.717) is 12.0 Å². The van der Waals surface area contributed by atoms with Gasteiger partial charge in [0.25, 0.3) is 0 Å². The van der Waals surface area contributed by atoms with Gasteiger partial charge < -0.3 is 10.2 Å². The van der Waals surface area contributed by atoms with Gasteiger partial charge in [-0.05, 0) is 43.9 Å². The topological polar surface area (TPSA) is 40.5 Å². The lowest BCUT2D eigenvalue weighted by Crippen LogP contribution is -2.23. The molecule has 2 saturated carbocycles. The average molecular weight is 170 g/mol. The predicted molar refractivity (Wildman–Crippen MR) is 46.8 cm³/mol. The molecule has 2 aliphatic rings. The molecule has 0 aromatic carbocycles. The Morgan fingerprint density at radius 1 is 1.00 bits per heavy atom. The van der Waals surface area contributed by atoms with Crippen molar-refractivity contribution < 1.29 is 10.2 Å². The highest BCUT2D eigenvalue weighted by Gasteiger charge is 2.63. The normalized spacial score (nSPS) is 28.5. The van der Waals surface area contributed by atoms with Crippen molar-refractivity contribution in [2.45, 2.75) is 50.5 Å². The van der Waals surface area contributed by atoms with E-state index >= 15 is 0 Å². The van der Waals surface area contributed by atoms with Crippen LogP contribution in [0.2, 0.25) is 0 Å². The molecule has 70 valence electrons. The SMILES string of the molecule is OCCCCC1(C2(O)CC2)CC1. The van der Waals surface area contributed by atoms with Gasteiger partial charge in [-0.2, -0.15) is 0 Å². The maximum atomic E-state index is 9.96. The molecule has 0 aromatic heterocycles. The van der Waals surface area contributed by atoms with Crippen molar-refractivity contribution in [2.75, 3.05) is 6.61 Å². The van der Waals surface area contributed by atoms with E-state index in [1.165, 1.54) is 12.8 Å². The molecule has 2 fully saturated rings. The summed E-state index contributed by atoms with van der Waals surface area (Å²) in [6.07, 6.45) is 7.59. The zero-order valence-corrected chi connectivity index (χ0v) is 7.55. The number of aliphatic hydroxyl groups excluding tert-OH is 1. The molecular formula is C10H18O2. The molecule has 0 aromatic rings. The maximum Gasteiger partial charge on any atom is 0.0705 e. The van der Waals surface area contributed by atoms with Crippen LogP contribution in [0.1, 0.15) is 44.9 Å². The van der Waals surface area contributed by atoms with Gasteiger partial charge in [0, 0.05) is 6.61 Å². The molecule has 0 atom stereocenters. The Kier molecular flexibility index (Phi) is 1.92. The monoisotopic (exact) mass is 170 g/mol. The first kappa shape index (κ1) is 8.52. The fourth-order valence-electron chi connectivity index (χ4n) is 2.32. The lowest BCUT2D eigenvalue weighted by atomic mass is 9.90. The second-order valence-corrected chi connectivity index (χ2v) is 4.49. The highest BCUT2D eigenvalue weighted by Crippen LogP contribution is 2.66. The summed E-state index contributed by atoms with van der Waals surface area (Å²) in [5.74, 6) is 0. The molecule has 2 aliphatic carbocycles. The van der Waals surface area contributed by atoms with E-state index in [9.17, 15) is 5.11 Å². The zero-order valence-electron chi connectivity index (χ0n) is 7.55. The molecule has 0 aliphatic heterocycles. The largest absolute Gasteiger partial charge is 0.396 e. The van der Waals surface area contributed by atoms with E-state index in [2.05, 4.69) is 0 Å². The molecule has 0 unspecified atom stereocenters. The van der Waals surface area contributed by atoms with Crippen molar-refractivity contribution in [3.05, 3.63) is 0 Å². The van der Waals surface area contributed by atoms with Crippen LogP contribution < -0.4 is 0 Å². The standard InChI is InChI=1S/C10H18O2/c11-8-2-1-3-9(4-5-9)10(12)6-7-10/h11-12H,1-8H2. The van der Waals surface area contributed by atoms with Crippen LogP contribution in [0.25, 0.3) is 0 Å². The Balaban J connectivity index is 1.78. The fraction of sp³-hybridized carbons (Fsp3) is 1.00. The lowest BCUT2D eigenvalue weighted by molar-refractivity contribution is 0.0588. The first-order valence-electron chi connectivity index (χ1n) is 5.06. The highest BCUT2D eigenvalue weighted by molar-refractivity contribution is 5.15. The van der Waals surface area contributed by atoms with E-state index in [4.69, 9.17) is 5.11 Å². The molecular weight excluding hydrogens is 152 g/mol. The summed E-state index contributed by atoms with van der Waals surface area (Å²) in [5, 5.41) is 18.6. The molecule has 0 heterocycles. The highest BCUT2D eigenvalue weighted by atomic mass is 16.3. The number of hydrogen-bond donors (Lipinski definition) is 2. The summed E-state index contributed by atoms with van der Waals surface area (Å²) in [5.41, 5.74) is 0.0185. The molecule has 0 radical (unpaired) electrons.